The van der Waals surface area contributed by atoms with Crippen LogP contribution in [0.4, 0.5) is 5.82 Å². The fraction of sp³-hybridized carbons (Fsp3) is 0.571. The monoisotopic (exact) mass is 261 g/mol. The lowest BCUT2D eigenvalue weighted by Gasteiger charge is -2.19. The maximum absolute atomic E-state index is 5.97. The predicted octanol–water partition coefficient (Wildman–Crippen LogP) is 1.97. The molecule has 0 radical (unpaired) electrons. The van der Waals surface area contributed by atoms with Gasteiger partial charge in [-0.2, -0.15) is 0 Å². The van der Waals surface area contributed by atoms with Crippen LogP contribution in [0.5, 0.6) is 0 Å². The number of likely N-dealkylation sites (N-methyl/N-ethyl adjacent to an activating group) is 1. The molecular formula is C14H23N5. The van der Waals surface area contributed by atoms with Crippen molar-refractivity contribution in [1.29, 1.82) is 0 Å². The molecule has 0 spiro atoms. The number of anilines is 1. The van der Waals surface area contributed by atoms with Crippen LogP contribution in [-0.2, 0) is 6.54 Å². The SMILES string of the molecule is CCN(CC)CCn1c(C)c(C)c2c(N)ncnc21. The molecule has 104 valence electrons. The molecule has 0 fully saturated rings. The van der Waals surface area contributed by atoms with E-state index in [1.165, 1.54) is 11.3 Å². The highest BCUT2D eigenvalue weighted by atomic mass is 15.2. The molecule has 0 amide bonds. The average molecular weight is 261 g/mol. The normalized spacial score (nSPS) is 11.6. The largest absolute Gasteiger partial charge is 0.383 e. The topological polar surface area (TPSA) is 60.0 Å². The lowest BCUT2D eigenvalue weighted by Crippen LogP contribution is -2.27. The number of hydrogen-bond donors (Lipinski definition) is 1. The number of rotatable bonds is 5. The summed E-state index contributed by atoms with van der Waals surface area (Å²) >= 11 is 0. The minimum Gasteiger partial charge on any atom is -0.383 e. The lowest BCUT2D eigenvalue weighted by atomic mass is 10.2. The highest BCUT2D eigenvalue weighted by Crippen LogP contribution is 2.26. The van der Waals surface area contributed by atoms with Gasteiger partial charge in [-0.25, -0.2) is 9.97 Å². The molecule has 0 aliphatic carbocycles. The van der Waals surface area contributed by atoms with Gasteiger partial charge in [-0.15, -0.1) is 0 Å². The van der Waals surface area contributed by atoms with Crippen LogP contribution in [0.2, 0.25) is 0 Å². The number of fused-ring (bicyclic) bond motifs is 1. The van der Waals surface area contributed by atoms with Gasteiger partial charge >= 0.3 is 0 Å². The Morgan fingerprint density at radius 1 is 1.21 bits per heavy atom. The molecule has 0 aliphatic rings. The van der Waals surface area contributed by atoms with E-state index in [4.69, 9.17) is 5.73 Å². The van der Waals surface area contributed by atoms with Gasteiger partial charge in [0.05, 0.1) is 5.39 Å². The highest BCUT2D eigenvalue weighted by molar-refractivity contribution is 5.90. The molecule has 0 aliphatic heterocycles. The summed E-state index contributed by atoms with van der Waals surface area (Å²) in [6.45, 7) is 12.7. The fourth-order valence-electron chi connectivity index (χ4n) is 2.55. The molecule has 2 rings (SSSR count). The predicted molar refractivity (Wildman–Crippen MR) is 79.2 cm³/mol. The summed E-state index contributed by atoms with van der Waals surface area (Å²) in [5.74, 6) is 0.576. The summed E-state index contributed by atoms with van der Waals surface area (Å²) < 4.78 is 2.25. The smallest absolute Gasteiger partial charge is 0.145 e. The number of hydrogen-bond acceptors (Lipinski definition) is 4. The zero-order chi connectivity index (χ0) is 14.0. The van der Waals surface area contributed by atoms with E-state index >= 15 is 0 Å². The van der Waals surface area contributed by atoms with Gasteiger partial charge in [0, 0.05) is 18.8 Å². The van der Waals surface area contributed by atoms with Crippen molar-refractivity contribution >= 4 is 16.9 Å². The number of nitrogens with two attached hydrogens (primary N) is 1. The van der Waals surface area contributed by atoms with Crippen molar-refractivity contribution < 1.29 is 0 Å². The van der Waals surface area contributed by atoms with Crippen molar-refractivity contribution in [3.05, 3.63) is 17.6 Å². The van der Waals surface area contributed by atoms with Crippen LogP contribution < -0.4 is 5.73 Å². The molecule has 0 bridgehead atoms. The molecule has 5 heteroatoms. The molecule has 2 aromatic heterocycles. The average Bonchev–Trinajstić information content (AvgIpc) is 2.65. The van der Waals surface area contributed by atoms with Gasteiger partial charge in [-0.1, -0.05) is 13.8 Å². The van der Waals surface area contributed by atoms with E-state index in [9.17, 15) is 0 Å². The van der Waals surface area contributed by atoms with E-state index in [0.29, 0.717) is 5.82 Å². The molecule has 19 heavy (non-hydrogen) atoms. The third-order valence-electron chi connectivity index (χ3n) is 3.97. The Hall–Kier alpha value is -1.62. The Morgan fingerprint density at radius 2 is 1.89 bits per heavy atom. The van der Waals surface area contributed by atoms with Gasteiger partial charge in [-0.05, 0) is 32.5 Å². The second-order valence-electron chi connectivity index (χ2n) is 4.85. The third-order valence-corrected chi connectivity index (χ3v) is 3.97. The van der Waals surface area contributed by atoms with E-state index < -0.39 is 0 Å². The van der Waals surface area contributed by atoms with Crippen molar-refractivity contribution in [2.45, 2.75) is 34.2 Å². The Labute approximate surface area is 114 Å². The molecule has 2 heterocycles. The highest BCUT2D eigenvalue weighted by Gasteiger charge is 2.15. The summed E-state index contributed by atoms with van der Waals surface area (Å²) in [6.07, 6.45) is 1.55. The van der Waals surface area contributed by atoms with Gasteiger partial charge in [0.25, 0.3) is 0 Å². The summed E-state index contributed by atoms with van der Waals surface area (Å²) in [6, 6.07) is 0. The van der Waals surface area contributed by atoms with Crippen molar-refractivity contribution in [2.24, 2.45) is 0 Å². The van der Waals surface area contributed by atoms with Gasteiger partial charge in [-0.3, -0.25) is 0 Å². The molecule has 2 aromatic rings. The first kappa shape index (κ1) is 13.8. The maximum Gasteiger partial charge on any atom is 0.145 e. The second kappa shape index (κ2) is 5.57. The molecule has 0 atom stereocenters. The van der Waals surface area contributed by atoms with Crippen LogP contribution in [0.15, 0.2) is 6.33 Å². The number of aromatic nitrogens is 3. The molecule has 5 nitrogen and oxygen atoms in total. The van der Waals surface area contributed by atoms with Crippen LogP contribution in [0.1, 0.15) is 25.1 Å². The second-order valence-corrected chi connectivity index (χ2v) is 4.85. The van der Waals surface area contributed by atoms with E-state index in [0.717, 1.165) is 37.2 Å². The van der Waals surface area contributed by atoms with Gasteiger partial charge in [0.2, 0.25) is 0 Å². The Balaban J connectivity index is 2.38. The Bertz CT molecular complexity index is 569. The van der Waals surface area contributed by atoms with Crippen molar-refractivity contribution in [2.75, 3.05) is 25.4 Å². The first-order chi connectivity index (χ1) is 9.10. The molecule has 0 saturated heterocycles. The zero-order valence-electron chi connectivity index (χ0n) is 12.3. The fourth-order valence-corrected chi connectivity index (χ4v) is 2.55. The van der Waals surface area contributed by atoms with E-state index in [-0.39, 0.29) is 0 Å². The third kappa shape index (κ3) is 2.42. The zero-order valence-corrected chi connectivity index (χ0v) is 12.3. The molecule has 2 N–H and O–H groups in total. The van der Waals surface area contributed by atoms with Crippen LogP contribution >= 0.6 is 0 Å². The number of nitrogens with zero attached hydrogens (tertiary/aromatic N) is 4. The molecule has 0 saturated carbocycles. The van der Waals surface area contributed by atoms with Crippen molar-refractivity contribution in [1.82, 2.24) is 19.4 Å². The summed E-state index contributed by atoms with van der Waals surface area (Å²) in [4.78, 5) is 10.9. The van der Waals surface area contributed by atoms with E-state index in [1.54, 1.807) is 6.33 Å². The van der Waals surface area contributed by atoms with Gasteiger partial charge < -0.3 is 15.2 Å². The van der Waals surface area contributed by atoms with Crippen LogP contribution in [0.25, 0.3) is 11.0 Å². The summed E-state index contributed by atoms with van der Waals surface area (Å²) in [5.41, 5.74) is 9.34. The molecule has 0 unspecified atom stereocenters. The minimum atomic E-state index is 0.576. The molecular weight excluding hydrogens is 238 g/mol. The van der Waals surface area contributed by atoms with Crippen molar-refractivity contribution in [3.8, 4) is 0 Å². The minimum absolute atomic E-state index is 0.576. The Morgan fingerprint density at radius 3 is 2.53 bits per heavy atom. The van der Waals surface area contributed by atoms with Gasteiger partial charge in [0.1, 0.15) is 17.8 Å². The first-order valence-electron chi connectivity index (χ1n) is 6.88. The van der Waals surface area contributed by atoms with Crippen LogP contribution in [0, 0.1) is 13.8 Å². The summed E-state index contributed by atoms with van der Waals surface area (Å²) in [7, 11) is 0. The van der Waals surface area contributed by atoms with Crippen LogP contribution in [-0.4, -0.2) is 39.1 Å². The lowest BCUT2D eigenvalue weighted by molar-refractivity contribution is 0.291. The van der Waals surface area contributed by atoms with E-state index in [1.807, 2.05) is 0 Å². The quantitative estimate of drug-likeness (QED) is 0.894. The van der Waals surface area contributed by atoms with Crippen LogP contribution in [0.3, 0.4) is 0 Å². The Kier molecular flexibility index (Phi) is 4.04. The maximum atomic E-state index is 5.97. The van der Waals surface area contributed by atoms with Crippen molar-refractivity contribution in [3.63, 3.8) is 0 Å². The number of nitrogen functional groups attached to an aromatic ring is 1. The van der Waals surface area contributed by atoms with Gasteiger partial charge in [0.15, 0.2) is 0 Å². The van der Waals surface area contributed by atoms with E-state index in [2.05, 4.69) is 47.1 Å². The number of aryl methyl sites for hydroxylation is 1. The standard InChI is InChI=1S/C14H23N5/c1-5-18(6-2)7-8-19-11(4)10(3)12-13(15)16-9-17-14(12)19/h9H,5-8H2,1-4H3,(H2,15,16,17). The first-order valence-corrected chi connectivity index (χ1v) is 6.88. The summed E-state index contributed by atoms with van der Waals surface area (Å²) in [5, 5.41) is 1.000. The molecule has 0 aromatic carbocycles.